The Hall–Kier alpha value is -2.48. The maximum absolute atomic E-state index is 13.6. The van der Waals surface area contributed by atoms with Crippen LogP contribution in [0.5, 0.6) is 11.5 Å². The molecule has 0 N–H and O–H groups in total. The molecule has 1 saturated heterocycles. The smallest absolute Gasteiger partial charge is 0.331 e. The van der Waals surface area contributed by atoms with Crippen LogP contribution >= 0.6 is 23.2 Å². The molecule has 0 unspecified atom stereocenters. The minimum absolute atomic E-state index is 0.0210. The second kappa shape index (κ2) is 12.7. The van der Waals surface area contributed by atoms with Gasteiger partial charge < -0.3 is 14.2 Å². The normalized spacial score (nSPS) is 14.3. The fourth-order valence-electron chi connectivity index (χ4n) is 4.41. The highest BCUT2D eigenvalue weighted by Gasteiger charge is 2.40. The first-order chi connectivity index (χ1) is 17.2. The summed E-state index contributed by atoms with van der Waals surface area (Å²) < 4.78 is 16.5. The Morgan fingerprint density at radius 1 is 0.972 bits per heavy atom. The lowest BCUT2D eigenvalue weighted by Crippen LogP contribution is -2.54. The number of nitrogens with zero attached hydrogens (tertiary/aromatic N) is 2. The highest BCUT2D eigenvalue weighted by molar-refractivity contribution is 6.42. The summed E-state index contributed by atoms with van der Waals surface area (Å²) in [5.41, 5.74) is -0.126. The molecule has 196 valence electrons. The molecule has 3 rings (SSSR count). The Balaban J connectivity index is 1.82. The van der Waals surface area contributed by atoms with E-state index in [1.54, 1.807) is 45.2 Å². The van der Waals surface area contributed by atoms with Crippen LogP contribution in [0, 0.1) is 0 Å². The van der Waals surface area contributed by atoms with Crippen molar-refractivity contribution in [1.82, 2.24) is 4.90 Å². The van der Waals surface area contributed by atoms with Crippen LogP contribution in [0.4, 0.5) is 5.69 Å². The van der Waals surface area contributed by atoms with Crippen molar-refractivity contribution < 1.29 is 23.8 Å². The standard InChI is InChI=1S/C27H34Cl2N2O5/c1-27(2,26(33)35-4)31(20-9-10-21(28)22(29)18-20)25(32)17-19-8-11-23(34-3)24(16-19)36-15-14-30-12-6-5-7-13-30/h8-11,16,18H,5-7,12-15,17H2,1-4H3. The van der Waals surface area contributed by atoms with E-state index in [9.17, 15) is 9.59 Å². The minimum atomic E-state index is -1.29. The molecule has 7 nitrogen and oxygen atoms in total. The van der Waals surface area contributed by atoms with E-state index >= 15 is 0 Å². The number of piperidine rings is 1. The molecule has 36 heavy (non-hydrogen) atoms. The zero-order valence-electron chi connectivity index (χ0n) is 21.3. The number of ether oxygens (including phenoxy) is 3. The van der Waals surface area contributed by atoms with Crippen molar-refractivity contribution in [2.75, 3.05) is 45.4 Å². The summed E-state index contributed by atoms with van der Waals surface area (Å²) >= 11 is 12.3. The summed E-state index contributed by atoms with van der Waals surface area (Å²) in [6.45, 7) is 6.80. The summed E-state index contributed by atoms with van der Waals surface area (Å²) in [7, 11) is 2.88. The SMILES string of the molecule is COC(=O)C(C)(C)N(C(=O)Cc1ccc(OC)c(OCCN2CCCCC2)c1)c1ccc(Cl)c(Cl)c1. The van der Waals surface area contributed by atoms with Gasteiger partial charge in [-0.25, -0.2) is 4.79 Å². The molecule has 2 aromatic carbocycles. The average molecular weight is 537 g/mol. The van der Waals surface area contributed by atoms with Gasteiger partial charge in [0.25, 0.3) is 0 Å². The van der Waals surface area contributed by atoms with Gasteiger partial charge in [-0.1, -0.05) is 35.7 Å². The molecule has 0 radical (unpaired) electrons. The van der Waals surface area contributed by atoms with Gasteiger partial charge >= 0.3 is 5.97 Å². The molecule has 1 aliphatic heterocycles. The zero-order chi connectivity index (χ0) is 26.3. The number of amides is 1. The van der Waals surface area contributed by atoms with Crippen molar-refractivity contribution in [3.05, 3.63) is 52.0 Å². The zero-order valence-corrected chi connectivity index (χ0v) is 22.8. The van der Waals surface area contributed by atoms with Crippen molar-refractivity contribution in [1.29, 1.82) is 0 Å². The minimum Gasteiger partial charge on any atom is -0.493 e. The van der Waals surface area contributed by atoms with Crippen molar-refractivity contribution in [2.45, 2.75) is 45.1 Å². The molecule has 1 amide bonds. The van der Waals surface area contributed by atoms with Crippen molar-refractivity contribution in [3.63, 3.8) is 0 Å². The Morgan fingerprint density at radius 2 is 1.69 bits per heavy atom. The van der Waals surface area contributed by atoms with E-state index < -0.39 is 11.5 Å². The molecular formula is C27H34Cl2N2O5. The van der Waals surface area contributed by atoms with Crippen LogP contribution in [-0.2, 0) is 20.7 Å². The van der Waals surface area contributed by atoms with Gasteiger partial charge in [0.1, 0.15) is 12.1 Å². The van der Waals surface area contributed by atoms with Crippen molar-refractivity contribution in [2.24, 2.45) is 0 Å². The lowest BCUT2D eigenvalue weighted by molar-refractivity contribution is -0.147. The van der Waals surface area contributed by atoms with Crippen LogP contribution in [0.3, 0.4) is 0 Å². The predicted octanol–water partition coefficient (Wildman–Crippen LogP) is 5.39. The molecule has 9 heteroatoms. The van der Waals surface area contributed by atoms with E-state index in [1.807, 2.05) is 12.1 Å². The van der Waals surface area contributed by atoms with Gasteiger partial charge in [-0.2, -0.15) is 0 Å². The summed E-state index contributed by atoms with van der Waals surface area (Å²) in [5.74, 6) is 0.306. The summed E-state index contributed by atoms with van der Waals surface area (Å²) in [6, 6.07) is 10.2. The van der Waals surface area contributed by atoms with Gasteiger partial charge in [0.15, 0.2) is 11.5 Å². The molecule has 0 bridgehead atoms. The number of benzene rings is 2. The first-order valence-corrected chi connectivity index (χ1v) is 12.8. The number of esters is 1. The van der Waals surface area contributed by atoms with Crippen LogP contribution in [0.2, 0.25) is 10.0 Å². The second-order valence-corrected chi connectivity index (χ2v) is 10.1. The van der Waals surface area contributed by atoms with Gasteiger partial charge in [-0.05, 0) is 75.7 Å². The predicted molar refractivity (Wildman–Crippen MR) is 143 cm³/mol. The Kier molecular flexibility index (Phi) is 9.88. The third-order valence-electron chi connectivity index (χ3n) is 6.35. The third kappa shape index (κ3) is 6.84. The Bertz CT molecular complexity index is 1070. The number of methoxy groups -OCH3 is 2. The number of carbonyl (C=O) groups excluding carboxylic acids is 2. The molecule has 0 atom stereocenters. The van der Waals surface area contributed by atoms with Crippen molar-refractivity contribution >= 4 is 40.8 Å². The molecule has 2 aromatic rings. The van der Waals surface area contributed by atoms with E-state index in [1.165, 1.54) is 31.3 Å². The highest BCUT2D eigenvalue weighted by Crippen LogP contribution is 2.33. The maximum atomic E-state index is 13.6. The quantitative estimate of drug-likeness (QED) is 0.379. The number of rotatable bonds is 10. The number of hydrogen-bond donors (Lipinski definition) is 0. The number of carbonyl (C=O) groups is 2. The van der Waals surface area contributed by atoms with E-state index in [0.29, 0.717) is 28.8 Å². The van der Waals surface area contributed by atoms with E-state index in [0.717, 1.165) is 25.2 Å². The lowest BCUT2D eigenvalue weighted by atomic mass is 9.99. The molecule has 0 aliphatic carbocycles. The summed E-state index contributed by atoms with van der Waals surface area (Å²) in [5, 5.41) is 0.631. The van der Waals surface area contributed by atoms with Crippen molar-refractivity contribution in [3.8, 4) is 11.5 Å². The fraction of sp³-hybridized carbons (Fsp3) is 0.481. The van der Waals surface area contributed by atoms with Gasteiger partial charge in [0, 0.05) is 12.2 Å². The first-order valence-electron chi connectivity index (χ1n) is 12.1. The number of anilines is 1. The number of likely N-dealkylation sites (tertiary alicyclic amines) is 1. The molecule has 0 spiro atoms. The topological polar surface area (TPSA) is 68.3 Å². The van der Waals surface area contributed by atoms with Crippen LogP contribution < -0.4 is 14.4 Å². The van der Waals surface area contributed by atoms with E-state index in [2.05, 4.69) is 4.90 Å². The van der Waals surface area contributed by atoms with E-state index in [4.69, 9.17) is 37.4 Å². The molecule has 1 heterocycles. The molecule has 0 aromatic heterocycles. The molecular weight excluding hydrogens is 503 g/mol. The summed E-state index contributed by atoms with van der Waals surface area (Å²) in [4.78, 5) is 30.0. The molecule has 1 aliphatic rings. The maximum Gasteiger partial charge on any atom is 0.331 e. The van der Waals surface area contributed by atoms with Gasteiger partial charge in [0.2, 0.25) is 5.91 Å². The Morgan fingerprint density at radius 3 is 2.33 bits per heavy atom. The second-order valence-electron chi connectivity index (χ2n) is 9.29. The van der Waals surface area contributed by atoms with E-state index in [-0.39, 0.29) is 17.4 Å². The third-order valence-corrected chi connectivity index (χ3v) is 7.09. The van der Waals surface area contributed by atoms with Crippen LogP contribution in [-0.4, -0.2) is 62.8 Å². The molecule has 0 saturated carbocycles. The highest BCUT2D eigenvalue weighted by atomic mass is 35.5. The Labute approximate surface area is 223 Å². The fourth-order valence-corrected chi connectivity index (χ4v) is 4.70. The van der Waals surface area contributed by atoms with Crippen LogP contribution in [0.25, 0.3) is 0 Å². The average Bonchev–Trinajstić information content (AvgIpc) is 2.86. The van der Waals surface area contributed by atoms with Gasteiger partial charge in [-0.3, -0.25) is 14.6 Å². The van der Waals surface area contributed by atoms with Gasteiger partial charge in [0.05, 0.1) is 30.7 Å². The van der Waals surface area contributed by atoms with Crippen LogP contribution in [0.1, 0.15) is 38.7 Å². The monoisotopic (exact) mass is 536 g/mol. The largest absolute Gasteiger partial charge is 0.493 e. The van der Waals surface area contributed by atoms with Gasteiger partial charge in [-0.15, -0.1) is 0 Å². The first kappa shape index (κ1) is 28.1. The number of halogens is 2. The molecule has 1 fully saturated rings. The number of hydrogen-bond acceptors (Lipinski definition) is 6. The van der Waals surface area contributed by atoms with Crippen LogP contribution in [0.15, 0.2) is 36.4 Å². The lowest BCUT2D eigenvalue weighted by Gasteiger charge is -2.36. The summed E-state index contributed by atoms with van der Waals surface area (Å²) in [6.07, 6.45) is 3.75.